The molecule has 0 aliphatic carbocycles. The average molecular weight is 398 g/mol. The lowest BCUT2D eigenvalue weighted by molar-refractivity contribution is 0.322. The van der Waals surface area contributed by atoms with Crippen LogP contribution in [0.1, 0.15) is 19.8 Å². The number of hydrogen-bond acceptors (Lipinski definition) is 7. The van der Waals surface area contributed by atoms with Crippen LogP contribution in [-0.2, 0) is 14.6 Å². The summed E-state index contributed by atoms with van der Waals surface area (Å²) in [6.45, 7) is 3.80. The van der Waals surface area contributed by atoms with Crippen LogP contribution in [-0.4, -0.2) is 38.6 Å². The zero-order chi connectivity index (χ0) is 18.7. The maximum atomic E-state index is 11.6. The highest BCUT2D eigenvalue weighted by atomic mass is 35.5. The van der Waals surface area contributed by atoms with E-state index in [2.05, 4.69) is 26.0 Å². The topological polar surface area (TPSA) is 81.6 Å². The van der Waals surface area contributed by atoms with Gasteiger partial charge in [0.15, 0.2) is 0 Å². The Hall–Kier alpha value is -1.90. The first-order valence-electron chi connectivity index (χ1n) is 8.27. The van der Waals surface area contributed by atoms with Crippen LogP contribution >= 0.6 is 11.6 Å². The van der Waals surface area contributed by atoms with Gasteiger partial charge in [-0.15, -0.1) is 0 Å². The van der Waals surface area contributed by atoms with Gasteiger partial charge in [0.05, 0.1) is 12.7 Å². The Morgan fingerprint density at radius 3 is 2.42 bits per heavy atom. The van der Waals surface area contributed by atoms with Crippen LogP contribution in [0.2, 0.25) is 5.15 Å². The third kappa shape index (κ3) is 4.25. The van der Waals surface area contributed by atoms with Crippen molar-refractivity contribution >= 4 is 27.8 Å². The van der Waals surface area contributed by atoms with E-state index in [0.717, 1.165) is 38.6 Å². The van der Waals surface area contributed by atoms with Crippen molar-refractivity contribution in [2.24, 2.45) is 5.92 Å². The number of nitrogens with zero attached hydrogens (tertiary/aromatic N) is 3. The molecule has 0 radical (unpaired) electrons. The number of benzene rings is 1. The minimum Gasteiger partial charge on any atom is -0.356 e. The van der Waals surface area contributed by atoms with Crippen LogP contribution in [0.5, 0.6) is 6.01 Å². The molecule has 1 aliphatic rings. The first-order chi connectivity index (χ1) is 12.4. The fraction of sp³-hybridized carbons (Fsp3) is 0.412. The molecule has 0 unspecified atom stereocenters. The SMILES string of the molecule is COS(=O)(=O)Oc1nc(Cl)c(-c2ccccc2)c(N2CCC(C)CC2)n1. The summed E-state index contributed by atoms with van der Waals surface area (Å²) in [4.78, 5) is 10.4. The van der Waals surface area contributed by atoms with Crippen molar-refractivity contribution in [2.45, 2.75) is 19.8 Å². The number of hydrogen-bond donors (Lipinski definition) is 0. The van der Waals surface area contributed by atoms with Crippen molar-refractivity contribution in [3.05, 3.63) is 35.5 Å². The third-order valence-electron chi connectivity index (χ3n) is 4.35. The second kappa shape index (κ2) is 7.77. The molecule has 0 amide bonds. The smallest absolute Gasteiger partial charge is 0.356 e. The van der Waals surface area contributed by atoms with Gasteiger partial charge < -0.3 is 9.08 Å². The molecule has 26 heavy (non-hydrogen) atoms. The molecule has 2 heterocycles. The Morgan fingerprint density at radius 1 is 1.15 bits per heavy atom. The van der Waals surface area contributed by atoms with Crippen molar-refractivity contribution in [2.75, 3.05) is 25.1 Å². The lowest BCUT2D eigenvalue weighted by Gasteiger charge is -2.32. The quantitative estimate of drug-likeness (QED) is 0.716. The normalized spacial score (nSPS) is 15.9. The van der Waals surface area contributed by atoms with E-state index < -0.39 is 10.4 Å². The first kappa shape index (κ1) is 18.9. The highest BCUT2D eigenvalue weighted by Gasteiger charge is 2.25. The summed E-state index contributed by atoms with van der Waals surface area (Å²) >= 11 is 6.40. The molecule has 0 N–H and O–H groups in total. The van der Waals surface area contributed by atoms with Gasteiger partial charge in [-0.25, -0.2) is 4.18 Å². The van der Waals surface area contributed by atoms with E-state index in [1.807, 2.05) is 30.3 Å². The molecule has 2 aromatic rings. The van der Waals surface area contributed by atoms with E-state index in [4.69, 9.17) is 15.8 Å². The molecule has 0 spiro atoms. The van der Waals surface area contributed by atoms with Gasteiger partial charge in [-0.3, -0.25) is 0 Å². The van der Waals surface area contributed by atoms with Gasteiger partial charge in [-0.2, -0.15) is 18.4 Å². The van der Waals surface area contributed by atoms with Crippen molar-refractivity contribution in [1.82, 2.24) is 9.97 Å². The lowest BCUT2D eigenvalue weighted by atomic mass is 9.98. The van der Waals surface area contributed by atoms with E-state index in [9.17, 15) is 8.42 Å². The van der Waals surface area contributed by atoms with Gasteiger partial charge in [-0.05, 0) is 24.3 Å². The summed E-state index contributed by atoms with van der Waals surface area (Å²) in [5.41, 5.74) is 1.51. The average Bonchev–Trinajstić information content (AvgIpc) is 2.62. The summed E-state index contributed by atoms with van der Waals surface area (Å²) in [5, 5.41) is 0.126. The van der Waals surface area contributed by atoms with E-state index >= 15 is 0 Å². The van der Waals surface area contributed by atoms with Crippen LogP contribution in [0.4, 0.5) is 5.82 Å². The zero-order valence-corrected chi connectivity index (χ0v) is 16.1. The number of halogens is 1. The van der Waals surface area contributed by atoms with Gasteiger partial charge in [0.1, 0.15) is 11.0 Å². The summed E-state index contributed by atoms with van der Waals surface area (Å²) in [7, 11) is -3.22. The fourth-order valence-corrected chi connectivity index (χ4v) is 3.46. The van der Waals surface area contributed by atoms with Crippen LogP contribution in [0.15, 0.2) is 30.3 Å². The number of aromatic nitrogens is 2. The lowest BCUT2D eigenvalue weighted by Crippen LogP contribution is -2.34. The summed E-state index contributed by atoms with van der Waals surface area (Å²) in [6, 6.07) is 9.16. The minimum absolute atomic E-state index is 0.126. The van der Waals surface area contributed by atoms with Gasteiger partial charge in [0.25, 0.3) is 0 Å². The second-order valence-electron chi connectivity index (χ2n) is 6.19. The molecule has 7 nitrogen and oxygen atoms in total. The van der Waals surface area contributed by atoms with Gasteiger partial charge >= 0.3 is 16.4 Å². The number of piperidine rings is 1. The molecule has 0 bridgehead atoms. The zero-order valence-electron chi connectivity index (χ0n) is 14.6. The molecular weight excluding hydrogens is 378 g/mol. The standard InChI is InChI=1S/C17H20ClN3O4S/c1-12-8-10-21(11-9-12)16-14(13-6-4-3-5-7-13)15(18)19-17(20-16)25-26(22,23)24-2/h3-7,12H,8-11H2,1-2H3. The van der Waals surface area contributed by atoms with Crippen molar-refractivity contribution in [3.63, 3.8) is 0 Å². The first-order valence-corrected chi connectivity index (χ1v) is 9.98. The molecule has 1 aliphatic heterocycles. The van der Waals surface area contributed by atoms with Crippen molar-refractivity contribution < 1.29 is 16.8 Å². The minimum atomic E-state index is -4.23. The molecular formula is C17H20ClN3O4S. The van der Waals surface area contributed by atoms with Crippen molar-refractivity contribution in [1.29, 1.82) is 0 Å². The van der Waals surface area contributed by atoms with Gasteiger partial charge in [0, 0.05) is 13.1 Å². The molecule has 1 saturated heterocycles. The molecule has 0 saturated carbocycles. The molecule has 1 fully saturated rings. The fourth-order valence-electron chi connectivity index (χ4n) is 2.87. The summed E-state index contributed by atoms with van der Waals surface area (Å²) < 4.78 is 32.3. The van der Waals surface area contributed by atoms with E-state index in [1.165, 1.54) is 0 Å². The largest absolute Gasteiger partial charge is 0.451 e. The molecule has 9 heteroatoms. The van der Waals surface area contributed by atoms with Gasteiger partial charge in [-0.1, -0.05) is 48.9 Å². The summed E-state index contributed by atoms with van der Waals surface area (Å²) in [5.74, 6) is 1.19. The Kier molecular flexibility index (Phi) is 5.64. The van der Waals surface area contributed by atoms with Crippen LogP contribution in [0.25, 0.3) is 11.1 Å². The maximum Gasteiger partial charge on any atom is 0.451 e. The van der Waals surface area contributed by atoms with Crippen molar-refractivity contribution in [3.8, 4) is 17.1 Å². The Morgan fingerprint density at radius 2 is 1.81 bits per heavy atom. The van der Waals surface area contributed by atoms with Crippen LogP contribution < -0.4 is 9.08 Å². The Labute approximate surface area is 158 Å². The van der Waals surface area contributed by atoms with Gasteiger partial charge in [0.2, 0.25) is 0 Å². The van der Waals surface area contributed by atoms with E-state index in [-0.39, 0.29) is 11.2 Å². The summed E-state index contributed by atoms with van der Waals surface area (Å²) in [6.07, 6.45) is 2.03. The molecule has 140 valence electrons. The van der Waals surface area contributed by atoms with Crippen LogP contribution in [0.3, 0.4) is 0 Å². The highest BCUT2D eigenvalue weighted by Crippen LogP contribution is 2.37. The predicted octanol–water partition coefficient (Wildman–Crippen LogP) is 3.30. The van der Waals surface area contributed by atoms with E-state index in [1.54, 1.807) is 0 Å². The molecule has 1 aromatic heterocycles. The maximum absolute atomic E-state index is 11.6. The second-order valence-corrected chi connectivity index (χ2v) is 7.86. The van der Waals surface area contributed by atoms with E-state index in [0.29, 0.717) is 17.3 Å². The number of rotatable bonds is 5. The van der Waals surface area contributed by atoms with Crippen LogP contribution in [0, 0.1) is 5.92 Å². The Bertz CT molecular complexity index is 869. The number of anilines is 1. The third-order valence-corrected chi connectivity index (χ3v) is 5.39. The molecule has 0 atom stereocenters. The predicted molar refractivity (Wildman–Crippen MR) is 99.6 cm³/mol. The molecule has 1 aromatic carbocycles. The highest BCUT2D eigenvalue weighted by molar-refractivity contribution is 7.82. The molecule has 3 rings (SSSR count). The Balaban J connectivity index is 2.08. The monoisotopic (exact) mass is 397 g/mol.